The fourth-order valence-electron chi connectivity index (χ4n) is 1.48. The molecule has 0 fully saturated rings. The molecule has 4 nitrogen and oxygen atoms in total. The number of hydrogen-bond acceptors (Lipinski definition) is 4. The van der Waals surface area contributed by atoms with Crippen molar-refractivity contribution >= 4 is 34.5 Å². The second-order valence-electron chi connectivity index (χ2n) is 3.61. The van der Waals surface area contributed by atoms with Crippen LogP contribution in [0.25, 0.3) is 0 Å². The van der Waals surface area contributed by atoms with Gasteiger partial charge in [0.15, 0.2) is 0 Å². The smallest absolute Gasteiger partial charge is 0.115 e. The van der Waals surface area contributed by atoms with E-state index in [9.17, 15) is 0 Å². The fraction of sp³-hybridized carbons (Fsp3) is 0.0833. The Bertz CT molecular complexity index is 559. The maximum absolute atomic E-state index is 5.91. The van der Waals surface area contributed by atoms with Crippen molar-refractivity contribution in [2.24, 2.45) is 5.73 Å². The number of halogens is 1. The topological polar surface area (TPSA) is 63.8 Å². The zero-order valence-electron chi connectivity index (χ0n) is 9.43. The van der Waals surface area contributed by atoms with Crippen LogP contribution in [0.5, 0.6) is 0 Å². The Morgan fingerprint density at radius 3 is 2.89 bits per heavy atom. The van der Waals surface area contributed by atoms with Crippen LogP contribution in [0.15, 0.2) is 36.8 Å². The third-order valence-electron chi connectivity index (χ3n) is 2.35. The van der Waals surface area contributed by atoms with Gasteiger partial charge in [-0.05, 0) is 24.3 Å². The van der Waals surface area contributed by atoms with E-state index >= 15 is 0 Å². The summed E-state index contributed by atoms with van der Waals surface area (Å²) in [5.74, 6) is 0. The summed E-state index contributed by atoms with van der Waals surface area (Å²) in [6.45, 7) is 0.569. The summed E-state index contributed by atoms with van der Waals surface area (Å²) in [6.07, 6.45) is 3.20. The van der Waals surface area contributed by atoms with Gasteiger partial charge in [0.05, 0.1) is 12.2 Å². The first kappa shape index (κ1) is 12.7. The molecular formula is C12H11ClN4S. The molecule has 1 aromatic carbocycles. The highest BCUT2D eigenvalue weighted by Gasteiger charge is 2.06. The molecule has 2 aromatic rings. The van der Waals surface area contributed by atoms with Gasteiger partial charge in [-0.1, -0.05) is 23.8 Å². The van der Waals surface area contributed by atoms with Crippen molar-refractivity contribution in [1.82, 2.24) is 9.97 Å². The van der Waals surface area contributed by atoms with Gasteiger partial charge in [-0.25, -0.2) is 9.97 Å². The summed E-state index contributed by atoms with van der Waals surface area (Å²) in [5.41, 5.74) is 8.11. The molecule has 0 saturated carbocycles. The second-order valence-corrected chi connectivity index (χ2v) is 4.48. The van der Waals surface area contributed by atoms with E-state index in [1.54, 1.807) is 18.3 Å². The van der Waals surface area contributed by atoms with Crippen molar-refractivity contribution in [1.29, 1.82) is 0 Å². The maximum atomic E-state index is 5.91. The molecular weight excluding hydrogens is 268 g/mol. The summed E-state index contributed by atoms with van der Waals surface area (Å²) in [7, 11) is 0. The molecule has 0 radical (unpaired) electrons. The molecule has 6 heteroatoms. The molecule has 0 bridgehead atoms. The molecule has 92 valence electrons. The number of aromatic nitrogens is 2. The van der Waals surface area contributed by atoms with E-state index in [2.05, 4.69) is 15.3 Å². The first-order valence-corrected chi connectivity index (χ1v) is 6.03. The quantitative estimate of drug-likeness (QED) is 0.841. The van der Waals surface area contributed by atoms with Crippen molar-refractivity contribution in [3.63, 3.8) is 0 Å². The Morgan fingerprint density at radius 1 is 1.39 bits per heavy atom. The van der Waals surface area contributed by atoms with Crippen molar-refractivity contribution < 1.29 is 0 Å². The molecule has 18 heavy (non-hydrogen) atoms. The number of nitrogens with zero attached hydrogens (tertiary/aromatic N) is 2. The average molecular weight is 279 g/mol. The largest absolute Gasteiger partial charge is 0.389 e. The zero-order valence-corrected chi connectivity index (χ0v) is 11.0. The van der Waals surface area contributed by atoms with E-state index in [0.717, 1.165) is 16.9 Å². The summed E-state index contributed by atoms with van der Waals surface area (Å²) in [5, 5.41) is 3.82. The Balaban J connectivity index is 2.17. The number of benzene rings is 1. The Kier molecular flexibility index (Phi) is 4.07. The van der Waals surface area contributed by atoms with Gasteiger partial charge in [0.1, 0.15) is 11.3 Å². The lowest BCUT2D eigenvalue weighted by Crippen LogP contribution is -2.13. The minimum absolute atomic E-state index is 0.308. The number of thiocarbonyl (C=S) groups is 1. The van der Waals surface area contributed by atoms with Crippen molar-refractivity contribution in [2.75, 3.05) is 5.32 Å². The normalized spacial score (nSPS) is 10.1. The minimum atomic E-state index is 0.308. The maximum Gasteiger partial charge on any atom is 0.115 e. The molecule has 0 saturated heterocycles. The van der Waals surface area contributed by atoms with E-state index in [-0.39, 0.29) is 0 Å². The predicted octanol–water partition coefficient (Wildman–Crippen LogP) is 2.38. The van der Waals surface area contributed by atoms with Crippen LogP contribution in [-0.2, 0) is 6.54 Å². The van der Waals surface area contributed by atoms with Gasteiger partial charge >= 0.3 is 0 Å². The lowest BCUT2D eigenvalue weighted by atomic mass is 10.1. The molecule has 0 aliphatic carbocycles. The lowest BCUT2D eigenvalue weighted by Gasteiger charge is -2.11. The third-order valence-corrected chi connectivity index (χ3v) is 2.81. The molecule has 3 N–H and O–H groups in total. The van der Waals surface area contributed by atoms with E-state index in [4.69, 9.17) is 29.6 Å². The van der Waals surface area contributed by atoms with Crippen LogP contribution in [-0.4, -0.2) is 15.0 Å². The number of rotatable bonds is 4. The highest BCUT2D eigenvalue weighted by Crippen LogP contribution is 2.21. The van der Waals surface area contributed by atoms with Gasteiger partial charge in [0.2, 0.25) is 0 Å². The van der Waals surface area contributed by atoms with Crippen molar-refractivity contribution in [3.8, 4) is 0 Å². The first-order valence-electron chi connectivity index (χ1n) is 5.25. The highest BCUT2D eigenvalue weighted by molar-refractivity contribution is 7.80. The highest BCUT2D eigenvalue weighted by atomic mass is 35.5. The third kappa shape index (κ3) is 3.15. The van der Waals surface area contributed by atoms with Gasteiger partial charge < -0.3 is 11.1 Å². The standard InChI is InChI=1S/C12H11ClN4S/c13-8-1-2-11(10(5-8)12(14)18)16-6-9-3-4-15-7-17-9/h1-5,7,16H,6H2,(H2,14,18). The van der Waals surface area contributed by atoms with Crippen molar-refractivity contribution in [3.05, 3.63) is 53.1 Å². The van der Waals surface area contributed by atoms with Gasteiger partial charge in [-0.2, -0.15) is 0 Å². The van der Waals surface area contributed by atoms with Crippen LogP contribution in [0, 0.1) is 0 Å². The number of hydrogen-bond donors (Lipinski definition) is 2. The summed E-state index contributed by atoms with van der Waals surface area (Å²) in [4.78, 5) is 8.29. The Hall–Kier alpha value is -1.72. The predicted molar refractivity (Wildman–Crippen MR) is 76.7 cm³/mol. The fourth-order valence-corrected chi connectivity index (χ4v) is 1.82. The van der Waals surface area contributed by atoms with Crippen LogP contribution in [0.1, 0.15) is 11.3 Å². The zero-order chi connectivity index (χ0) is 13.0. The Labute approximate surface area is 115 Å². The summed E-state index contributed by atoms with van der Waals surface area (Å²) < 4.78 is 0. The lowest BCUT2D eigenvalue weighted by molar-refractivity contribution is 1.01. The number of nitrogens with two attached hydrogens (primary N) is 1. The van der Waals surface area contributed by atoms with Gasteiger partial charge in [-0.15, -0.1) is 0 Å². The molecule has 0 atom stereocenters. The van der Waals surface area contributed by atoms with Gasteiger partial charge in [0, 0.05) is 22.5 Å². The SMILES string of the molecule is NC(=S)c1cc(Cl)ccc1NCc1ccncn1. The van der Waals surface area contributed by atoms with E-state index in [1.807, 2.05) is 12.1 Å². The van der Waals surface area contributed by atoms with Crippen LogP contribution in [0.4, 0.5) is 5.69 Å². The number of nitrogens with one attached hydrogen (secondary N) is 1. The molecule has 0 amide bonds. The summed E-state index contributed by atoms with van der Waals surface area (Å²) in [6, 6.07) is 7.21. The minimum Gasteiger partial charge on any atom is -0.389 e. The second kappa shape index (κ2) is 5.75. The van der Waals surface area contributed by atoms with Crippen molar-refractivity contribution in [2.45, 2.75) is 6.54 Å². The molecule has 1 heterocycles. The monoisotopic (exact) mass is 278 g/mol. The average Bonchev–Trinajstić information content (AvgIpc) is 2.38. The Morgan fingerprint density at radius 2 is 2.22 bits per heavy atom. The van der Waals surface area contributed by atoms with Crippen LogP contribution >= 0.6 is 23.8 Å². The molecule has 0 unspecified atom stereocenters. The molecule has 1 aromatic heterocycles. The molecule has 2 rings (SSSR count). The van der Waals surface area contributed by atoms with E-state index < -0.39 is 0 Å². The molecule has 0 aliphatic rings. The van der Waals surface area contributed by atoms with Gasteiger partial charge in [0.25, 0.3) is 0 Å². The van der Waals surface area contributed by atoms with E-state index in [0.29, 0.717) is 16.6 Å². The van der Waals surface area contributed by atoms with Crippen LogP contribution in [0.2, 0.25) is 5.02 Å². The molecule has 0 spiro atoms. The summed E-state index contributed by atoms with van der Waals surface area (Å²) >= 11 is 10.9. The first-order chi connectivity index (χ1) is 8.66. The van der Waals surface area contributed by atoms with Crippen LogP contribution in [0.3, 0.4) is 0 Å². The molecule has 0 aliphatic heterocycles. The van der Waals surface area contributed by atoms with Gasteiger partial charge in [-0.3, -0.25) is 0 Å². The van der Waals surface area contributed by atoms with E-state index in [1.165, 1.54) is 6.33 Å². The van der Waals surface area contributed by atoms with Crippen LogP contribution < -0.4 is 11.1 Å². The number of anilines is 1.